The molecule has 4 heteroatoms. The van der Waals surface area contributed by atoms with Gasteiger partial charge in [-0.1, -0.05) is 73.5 Å². The van der Waals surface area contributed by atoms with Gasteiger partial charge in [0.1, 0.15) is 18.9 Å². The largest absolute Gasteiger partial charge is 0.313 e. The van der Waals surface area contributed by atoms with Crippen LogP contribution >= 0.6 is 0 Å². The maximum absolute atomic E-state index is 14.8. The zero-order chi connectivity index (χ0) is 22.9. The average molecular weight is 423 g/mol. The lowest BCUT2D eigenvalue weighted by Crippen LogP contribution is -2.69. The van der Waals surface area contributed by atoms with Gasteiger partial charge in [0.25, 0.3) is 0 Å². The maximum atomic E-state index is 14.8. The van der Waals surface area contributed by atoms with Crippen molar-refractivity contribution in [3.63, 3.8) is 0 Å². The Morgan fingerprint density at radius 1 is 1.03 bits per heavy atom. The minimum atomic E-state index is -1.38. The molecule has 0 bridgehead atoms. The maximum Gasteiger partial charge on any atom is 0.119 e. The summed E-state index contributed by atoms with van der Waals surface area (Å²) in [7, 11) is 0. The molecule has 0 fully saturated rings. The Morgan fingerprint density at radius 2 is 1.61 bits per heavy atom. The van der Waals surface area contributed by atoms with Crippen LogP contribution in [0.25, 0.3) is 0 Å². The average Bonchev–Trinajstić information content (AvgIpc) is 2.79. The molecule has 0 aliphatic carbocycles. The van der Waals surface area contributed by atoms with Crippen LogP contribution in [0.15, 0.2) is 60.7 Å². The van der Waals surface area contributed by atoms with Gasteiger partial charge in [-0.05, 0) is 30.4 Å². The summed E-state index contributed by atoms with van der Waals surface area (Å²) in [5.74, 6) is 4.69. The number of nitrogens with zero attached hydrogens (tertiary/aromatic N) is 1. The quantitative estimate of drug-likeness (QED) is 0.410. The molecule has 4 atom stereocenters. The first-order chi connectivity index (χ1) is 14.9. The van der Waals surface area contributed by atoms with Gasteiger partial charge in [0.2, 0.25) is 0 Å². The molecule has 164 valence electrons. The van der Waals surface area contributed by atoms with E-state index >= 15 is 0 Å². The fourth-order valence-electron chi connectivity index (χ4n) is 4.47. The smallest absolute Gasteiger partial charge is 0.119 e. The molecular weight excluding hydrogens is 390 g/mol. The first-order valence-electron chi connectivity index (χ1n) is 10.6. The van der Waals surface area contributed by atoms with E-state index in [2.05, 4.69) is 11.8 Å². The van der Waals surface area contributed by atoms with Crippen LogP contribution < -0.4 is 5.73 Å². The van der Waals surface area contributed by atoms with Gasteiger partial charge in [0.05, 0.1) is 5.66 Å². The molecule has 0 saturated heterocycles. The van der Waals surface area contributed by atoms with Gasteiger partial charge in [0.15, 0.2) is 0 Å². The molecule has 0 saturated carbocycles. The minimum absolute atomic E-state index is 0.0891. The summed E-state index contributed by atoms with van der Waals surface area (Å²) >= 11 is 0. The number of hydrogen-bond donors (Lipinski definition) is 1. The molecule has 0 aliphatic rings. The highest BCUT2D eigenvalue weighted by Gasteiger charge is 2.50. The van der Waals surface area contributed by atoms with Gasteiger partial charge >= 0.3 is 0 Å². The first-order valence-corrected chi connectivity index (χ1v) is 10.6. The third-order valence-electron chi connectivity index (χ3n) is 6.25. The van der Waals surface area contributed by atoms with Crippen LogP contribution in [0.1, 0.15) is 37.3 Å². The van der Waals surface area contributed by atoms with Crippen molar-refractivity contribution in [2.75, 3.05) is 19.9 Å². The number of hydrogen-bond acceptors (Lipinski definition) is 2. The van der Waals surface area contributed by atoms with Gasteiger partial charge < -0.3 is 5.73 Å². The van der Waals surface area contributed by atoms with Crippen LogP contribution in [-0.4, -0.2) is 36.0 Å². The lowest BCUT2D eigenvalue weighted by atomic mass is 9.76. The monoisotopic (exact) mass is 422 g/mol. The summed E-state index contributed by atoms with van der Waals surface area (Å²) in [5.41, 5.74) is 6.26. The van der Waals surface area contributed by atoms with Gasteiger partial charge in [-0.25, -0.2) is 8.78 Å². The fourth-order valence-corrected chi connectivity index (χ4v) is 4.47. The second-order valence-electron chi connectivity index (χ2n) is 8.23. The number of rotatable bonds is 11. The standard InChI is InChI=1S/C27H32F2N2/c1-5-13-25(24-16-11-8-12-17-24)26(4,30)31(19-18-28)27(6-2,21-29)22(3)20-23-14-9-7-10-15-23/h1-2,7-12,14-17,22,25H,13,18-21,30H2,3-4H3. The summed E-state index contributed by atoms with van der Waals surface area (Å²) in [6.07, 6.45) is 12.5. The highest BCUT2D eigenvalue weighted by Crippen LogP contribution is 2.39. The van der Waals surface area contributed by atoms with Crippen molar-refractivity contribution >= 4 is 0 Å². The van der Waals surface area contributed by atoms with Crippen molar-refractivity contribution in [2.45, 2.75) is 43.8 Å². The molecule has 2 N–H and O–H groups in total. The topological polar surface area (TPSA) is 29.3 Å². The third kappa shape index (κ3) is 5.34. The highest BCUT2D eigenvalue weighted by molar-refractivity contribution is 5.28. The molecule has 2 aromatic rings. The van der Waals surface area contributed by atoms with Crippen LogP contribution in [0, 0.1) is 30.6 Å². The van der Waals surface area contributed by atoms with Crippen molar-refractivity contribution in [1.29, 1.82) is 0 Å². The summed E-state index contributed by atoms with van der Waals surface area (Å²) in [6.45, 7) is 2.03. The number of terminal acetylenes is 2. The van der Waals surface area contributed by atoms with Gasteiger partial charge in [0, 0.05) is 18.9 Å². The number of nitrogens with two attached hydrogens (primary N) is 1. The summed E-state index contributed by atoms with van der Waals surface area (Å²) in [6, 6.07) is 19.3. The summed E-state index contributed by atoms with van der Waals surface area (Å²) < 4.78 is 28.6. The van der Waals surface area contributed by atoms with Crippen molar-refractivity contribution in [3.05, 3.63) is 71.8 Å². The van der Waals surface area contributed by atoms with E-state index in [1.54, 1.807) is 11.8 Å². The Bertz CT molecular complexity index is 883. The van der Waals surface area contributed by atoms with Gasteiger partial charge in [-0.15, -0.1) is 18.8 Å². The van der Waals surface area contributed by atoms with Crippen molar-refractivity contribution in [3.8, 4) is 24.7 Å². The highest BCUT2D eigenvalue weighted by atomic mass is 19.1. The summed E-state index contributed by atoms with van der Waals surface area (Å²) in [4.78, 5) is 1.63. The molecule has 31 heavy (non-hydrogen) atoms. The van der Waals surface area contributed by atoms with Crippen LogP contribution in [-0.2, 0) is 6.42 Å². The molecule has 2 aromatic carbocycles. The van der Waals surface area contributed by atoms with E-state index in [-0.39, 0.29) is 18.4 Å². The van der Waals surface area contributed by atoms with E-state index in [0.717, 1.165) is 11.1 Å². The molecule has 0 radical (unpaired) electrons. The molecule has 0 heterocycles. The lowest BCUT2D eigenvalue weighted by molar-refractivity contribution is -0.0382. The zero-order valence-corrected chi connectivity index (χ0v) is 18.4. The van der Waals surface area contributed by atoms with Crippen LogP contribution in [0.2, 0.25) is 0 Å². The van der Waals surface area contributed by atoms with Gasteiger partial charge in [-0.3, -0.25) is 4.90 Å². The molecule has 0 amide bonds. The van der Waals surface area contributed by atoms with Crippen LogP contribution in [0.4, 0.5) is 8.78 Å². The van der Waals surface area contributed by atoms with Crippen LogP contribution in [0.5, 0.6) is 0 Å². The van der Waals surface area contributed by atoms with E-state index in [0.29, 0.717) is 12.8 Å². The first kappa shape index (κ1) is 24.6. The number of benzene rings is 2. The van der Waals surface area contributed by atoms with Crippen molar-refractivity contribution in [2.24, 2.45) is 11.7 Å². The van der Waals surface area contributed by atoms with Crippen molar-refractivity contribution < 1.29 is 8.78 Å². The normalized spacial score (nSPS) is 17.0. The van der Waals surface area contributed by atoms with E-state index in [1.807, 2.05) is 67.6 Å². The Morgan fingerprint density at radius 3 is 2.10 bits per heavy atom. The second kappa shape index (κ2) is 11.1. The molecule has 2 rings (SSSR count). The molecule has 0 spiro atoms. The molecule has 4 unspecified atom stereocenters. The van der Waals surface area contributed by atoms with E-state index < -0.39 is 24.6 Å². The predicted octanol–water partition coefficient (Wildman–Crippen LogP) is 4.96. The SMILES string of the molecule is C#CCC(c1ccccc1)C(C)(N)N(CCF)C(C#C)(CF)C(C)Cc1ccccc1. The van der Waals surface area contributed by atoms with E-state index in [1.165, 1.54) is 0 Å². The number of alkyl halides is 2. The Hall–Kier alpha value is -2.66. The number of halogens is 2. The minimum Gasteiger partial charge on any atom is -0.313 e. The Kier molecular flexibility index (Phi) is 8.81. The fraction of sp³-hybridized carbons (Fsp3) is 0.407. The molecule has 0 aliphatic heterocycles. The van der Waals surface area contributed by atoms with Crippen LogP contribution in [0.3, 0.4) is 0 Å². The molecule has 2 nitrogen and oxygen atoms in total. The van der Waals surface area contributed by atoms with E-state index in [4.69, 9.17) is 18.6 Å². The second-order valence-corrected chi connectivity index (χ2v) is 8.23. The van der Waals surface area contributed by atoms with Gasteiger partial charge in [-0.2, -0.15) is 0 Å². The lowest BCUT2D eigenvalue weighted by Gasteiger charge is -2.53. The molecule has 0 aromatic heterocycles. The van der Waals surface area contributed by atoms with E-state index in [9.17, 15) is 8.78 Å². The Balaban J connectivity index is 2.53. The zero-order valence-electron chi connectivity index (χ0n) is 18.4. The van der Waals surface area contributed by atoms with Crippen molar-refractivity contribution in [1.82, 2.24) is 4.90 Å². The Labute approximate surface area is 185 Å². The summed E-state index contributed by atoms with van der Waals surface area (Å²) in [5, 5.41) is 0. The predicted molar refractivity (Wildman–Crippen MR) is 125 cm³/mol. The third-order valence-corrected chi connectivity index (χ3v) is 6.25. The molecular formula is C27H32F2N2.